The molecular weight excluding hydrogens is 356 g/mol. The van der Waals surface area contributed by atoms with Crippen LogP contribution in [0.15, 0.2) is 12.1 Å². The number of fused-ring (bicyclic) bond motifs is 1. The average molecular weight is 382 g/mol. The maximum absolute atomic E-state index is 12.7. The molecule has 0 bridgehead atoms. The molecule has 0 radical (unpaired) electrons. The van der Waals surface area contributed by atoms with Gasteiger partial charge in [-0.25, -0.2) is 4.98 Å². The molecule has 1 atom stereocenters. The van der Waals surface area contributed by atoms with Gasteiger partial charge in [0.25, 0.3) is 5.91 Å². The minimum Gasteiger partial charge on any atom is -0.480 e. The second-order valence-corrected chi connectivity index (χ2v) is 7.41. The molecule has 1 N–H and O–H groups in total. The van der Waals surface area contributed by atoms with Crippen molar-refractivity contribution in [2.75, 3.05) is 5.32 Å². The number of anilines is 1. The van der Waals surface area contributed by atoms with Gasteiger partial charge < -0.3 is 14.8 Å². The van der Waals surface area contributed by atoms with E-state index in [-0.39, 0.29) is 11.9 Å². The van der Waals surface area contributed by atoms with Crippen LogP contribution in [0, 0.1) is 34.6 Å². The molecule has 1 aliphatic heterocycles. The second kappa shape index (κ2) is 7.62. The largest absolute Gasteiger partial charge is 0.480 e. The van der Waals surface area contributed by atoms with Crippen molar-refractivity contribution in [2.45, 2.75) is 60.5 Å². The standard InChI is InChI=1S/C22H26N2O4/c1-11-9-12(2)23-19(10-11)24-22(26)18-8-7-17-15(5)20(27-16(6)25)13(3)14(4)21(17)28-18/h9-10,18H,7-8H2,1-6H3,(H,23,24,26). The summed E-state index contributed by atoms with van der Waals surface area (Å²) in [6.45, 7) is 11.0. The van der Waals surface area contributed by atoms with Gasteiger partial charge in [0, 0.05) is 18.2 Å². The number of ether oxygens (including phenoxy) is 2. The molecule has 1 aromatic carbocycles. The first kappa shape index (κ1) is 19.9. The van der Waals surface area contributed by atoms with Crippen LogP contribution >= 0.6 is 0 Å². The van der Waals surface area contributed by atoms with Crippen molar-refractivity contribution in [3.05, 3.63) is 45.6 Å². The van der Waals surface area contributed by atoms with E-state index in [2.05, 4.69) is 10.3 Å². The predicted octanol–water partition coefficient (Wildman–Crippen LogP) is 3.88. The van der Waals surface area contributed by atoms with Crippen molar-refractivity contribution in [1.29, 1.82) is 0 Å². The molecular formula is C22H26N2O4. The van der Waals surface area contributed by atoms with Crippen LogP contribution in [-0.2, 0) is 16.0 Å². The Morgan fingerprint density at radius 2 is 1.82 bits per heavy atom. The Morgan fingerprint density at radius 1 is 1.11 bits per heavy atom. The molecule has 28 heavy (non-hydrogen) atoms. The molecule has 0 saturated heterocycles. The average Bonchev–Trinajstić information content (AvgIpc) is 2.62. The van der Waals surface area contributed by atoms with E-state index >= 15 is 0 Å². The SMILES string of the molecule is CC(=O)Oc1c(C)c(C)c2c(c1C)CCC(C(=O)Nc1cc(C)cc(C)n1)O2. The molecule has 148 valence electrons. The molecule has 0 fully saturated rings. The molecule has 1 aromatic heterocycles. The fourth-order valence-corrected chi connectivity index (χ4v) is 3.69. The smallest absolute Gasteiger partial charge is 0.308 e. The first-order valence-corrected chi connectivity index (χ1v) is 9.41. The summed E-state index contributed by atoms with van der Waals surface area (Å²) in [6, 6.07) is 3.80. The summed E-state index contributed by atoms with van der Waals surface area (Å²) in [5.74, 6) is 1.29. The number of nitrogens with zero attached hydrogens (tertiary/aromatic N) is 1. The van der Waals surface area contributed by atoms with E-state index in [1.54, 1.807) is 0 Å². The Balaban J connectivity index is 1.86. The Hall–Kier alpha value is -2.89. The Morgan fingerprint density at radius 3 is 2.46 bits per heavy atom. The summed E-state index contributed by atoms with van der Waals surface area (Å²) in [4.78, 5) is 28.6. The van der Waals surface area contributed by atoms with Crippen molar-refractivity contribution >= 4 is 17.7 Å². The number of nitrogens with one attached hydrogen (secondary N) is 1. The molecule has 1 unspecified atom stereocenters. The number of esters is 1. The molecule has 3 rings (SSSR count). The number of aromatic nitrogens is 1. The predicted molar refractivity (Wildman–Crippen MR) is 107 cm³/mol. The van der Waals surface area contributed by atoms with Gasteiger partial charge in [0.05, 0.1) is 0 Å². The monoisotopic (exact) mass is 382 g/mol. The van der Waals surface area contributed by atoms with Crippen molar-refractivity contribution in [2.24, 2.45) is 0 Å². The topological polar surface area (TPSA) is 77.5 Å². The first-order valence-electron chi connectivity index (χ1n) is 9.41. The summed E-state index contributed by atoms with van der Waals surface area (Å²) in [7, 11) is 0. The van der Waals surface area contributed by atoms with Crippen molar-refractivity contribution in [3.63, 3.8) is 0 Å². The molecule has 0 spiro atoms. The normalized spacial score (nSPS) is 15.4. The van der Waals surface area contributed by atoms with Gasteiger partial charge in [-0.1, -0.05) is 0 Å². The number of benzene rings is 1. The van der Waals surface area contributed by atoms with Gasteiger partial charge in [0.2, 0.25) is 0 Å². The zero-order chi connectivity index (χ0) is 20.6. The van der Waals surface area contributed by atoms with Gasteiger partial charge in [-0.2, -0.15) is 0 Å². The number of carbonyl (C=O) groups is 2. The van der Waals surface area contributed by atoms with Crippen LogP contribution in [-0.4, -0.2) is 23.0 Å². The van der Waals surface area contributed by atoms with Gasteiger partial charge in [0.1, 0.15) is 17.3 Å². The van der Waals surface area contributed by atoms with Crippen LogP contribution in [0.2, 0.25) is 0 Å². The summed E-state index contributed by atoms with van der Waals surface area (Å²) >= 11 is 0. The summed E-state index contributed by atoms with van der Waals surface area (Å²) in [6.07, 6.45) is 0.633. The fraction of sp³-hybridized carbons (Fsp3) is 0.409. The van der Waals surface area contributed by atoms with E-state index in [4.69, 9.17) is 9.47 Å². The highest BCUT2D eigenvalue weighted by Crippen LogP contribution is 2.41. The van der Waals surface area contributed by atoms with E-state index in [1.165, 1.54) is 6.92 Å². The Bertz CT molecular complexity index is 945. The number of amides is 1. The molecule has 6 heteroatoms. The van der Waals surface area contributed by atoms with Crippen LogP contribution in [0.5, 0.6) is 11.5 Å². The molecule has 2 heterocycles. The highest BCUT2D eigenvalue weighted by Gasteiger charge is 2.31. The first-order chi connectivity index (χ1) is 13.2. The molecule has 6 nitrogen and oxygen atoms in total. The van der Waals surface area contributed by atoms with Crippen LogP contribution in [0.1, 0.15) is 46.9 Å². The van der Waals surface area contributed by atoms with Crippen LogP contribution in [0.25, 0.3) is 0 Å². The quantitative estimate of drug-likeness (QED) is 0.644. The highest BCUT2D eigenvalue weighted by molar-refractivity contribution is 5.94. The molecule has 2 aromatic rings. The number of rotatable bonds is 3. The van der Waals surface area contributed by atoms with Crippen LogP contribution in [0.4, 0.5) is 5.82 Å². The van der Waals surface area contributed by atoms with Gasteiger partial charge >= 0.3 is 5.97 Å². The zero-order valence-electron chi connectivity index (χ0n) is 17.2. The Labute approximate surface area is 165 Å². The van der Waals surface area contributed by atoms with E-state index in [0.29, 0.717) is 30.2 Å². The van der Waals surface area contributed by atoms with Crippen molar-refractivity contribution in [1.82, 2.24) is 4.98 Å². The van der Waals surface area contributed by atoms with Gasteiger partial charge in [-0.05, 0) is 81.8 Å². The number of carbonyl (C=O) groups excluding carboxylic acids is 2. The third-order valence-corrected chi connectivity index (χ3v) is 5.11. The third-order valence-electron chi connectivity index (χ3n) is 5.11. The van der Waals surface area contributed by atoms with E-state index in [0.717, 1.165) is 33.5 Å². The summed E-state index contributed by atoms with van der Waals surface area (Å²) in [5.41, 5.74) is 5.52. The number of hydrogen-bond acceptors (Lipinski definition) is 5. The molecule has 1 amide bonds. The molecule has 0 aliphatic carbocycles. The van der Waals surface area contributed by atoms with E-state index in [1.807, 2.05) is 46.8 Å². The third kappa shape index (κ3) is 3.86. The van der Waals surface area contributed by atoms with Gasteiger partial charge in [-0.3, -0.25) is 9.59 Å². The second-order valence-electron chi connectivity index (χ2n) is 7.41. The Kier molecular flexibility index (Phi) is 5.40. The summed E-state index contributed by atoms with van der Waals surface area (Å²) < 4.78 is 11.5. The highest BCUT2D eigenvalue weighted by atomic mass is 16.5. The fourth-order valence-electron chi connectivity index (χ4n) is 3.69. The lowest BCUT2D eigenvalue weighted by molar-refractivity contribution is -0.132. The van der Waals surface area contributed by atoms with Crippen LogP contribution in [0.3, 0.4) is 0 Å². The van der Waals surface area contributed by atoms with Crippen molar-refractivity contribution < 1.29 is 19.1 Å². The minimum atomic E-state index is -0.591. The van der Waals surface area contributed by atoms with E-state index < -0.39 is 6.10 Å². The van der Waals surface area contributed by atoms with Gasteiger partial charge in [0.15, 0.2) is 6.10 Å². The van der Waals surface area contributed by atoms with Gasteiger partial charge in [-0.15, -0.1) is 0 Å². The lowest BCUT2D eigenvalue weighted by Gasteiger charge is -2.29. The van der Waals surface area contributed by atoms with Crippen molar-refractivity contribution in [3.8, 4) is 11.5 Å². The summed E-state index contributed by atoms with van der Waals surface area (Å²) in [5, 5.41) is 2.87. The lowest BCUT2D eigenvalue weighted by Crippen LogP contribution is -2.36. The zero-order valence-corrected chi connectivity index (χ0v) is 17.2. The maximum atomic E-state index is 12.7. The molecule has 0 saturated carbocycles. The maximum Gasteiger partial charge on any atom is 0.308 e. The number of hydrogen-bond donors (Lipinski definition) is 1. The number of aryl methyl sites for hydroxylation is 2. The van der Waals surface area contributed by atoms with Crippen LogP contribution < -0.4 is 14.8 Å². The number of pyridine rings is 1. The lowest BCUT2D eigenvalue weighted by atomic mass is 9.91. The van der Waals surface area contributed by atoms with E-state index in [9.17, 15) is 9.59 Å². The molecule has 1 aliphatic rings. The minimum absolute atomic E-state index is 0.207.